The van der Waals surface area contributed by atoms with Crippen LogP contribution in [0, 0.1) is 6.92 Å². The summed E-state index contributed by atoms with van der Waals surface area (Å²) < 4.78 is 5.33. The fraction of sp³-hybridized carbons (Fsp3) is 0.727. The van der Waals surface area contributed by atoms with Crippen molar-refractivity contribution in [3.63, 3.8) is 0 Å². The van der Waals surface area contributed by atoms with E-state index in [-0.39, 0.29) is 0 Å². The van der Waals surface area contributed by atoms with Crippen molar-refractivity contribution >= 4 is 11.8 Å². The Hall–Kier alpha value is -0.480. The molecular formula is C11H20N2OS. The Morgan fingerprint density at radius 2 is 2.27 bits per heavy atom. The summed E-state index contributed by atoms with van der Waals surface area (Å²) in [5, 5.41) is 4.72. The molecule has 0 saturated heterocycles. The van der Waals surface area contributed by atoms with Crippen molar-refractivity contribution in [2.24, 2.45) is 0 Å². The summed E-state index contributed by atoms with van der Waals surface area (Å²) in [4.78, 5) is 4.30. The molecule has 0 aliphatic rings. The number of aromatic nitrogens is 1. The van der Waals surface area contributed by atoms with Crippen LogP contribution in [0.15, 0.2) is 15.9 Å². The van der Waals surface area contributed by atoms with E-state index in [2.05, 4.69) is 31.1 Å². The van der Waals surface area contributed by atoms with Gasteiger partial charge in [0.2, 0.25) is 0 Å². The van der Waals surface area contributed by atoms with E-state index in [0.29, 0.717) is 11.3 Å². The van der Waals surface area contributed by atoms with Gasteiger partial charge in [-0.05, 0) is 19.9 Å². The molecule has 4 heteroatoms. The van der Waals surface area contributed by atoms with Crippen LogP contribution in [-0.4, -0.2) is 22.8 Å². The lowest BCUT2D eigenvalue weighted by Crippen LogP contribution is -2.35. The van der Waals surface area contributed by atoms with Crippen molar-refractivity contribution in [1.29, 1.82) is 0 Å². The number of rotatable bonds is 6. The smallest absolute Gasteiger partial charge is 0.256 e. The Bertz CT molecular complexity index is 288. The number of nitrogens with zero attached hydrogens (tertiary/aromatic N) is 1. The molecule has 0 aliphatic carbocycles. The molecular weight excluding hydrogens is 208 g/mol. The summed E-state index contributed by atoms with van der Waals surface area (Å²) in [6, 6.07) is 0.521. The molecule has 0 radical (unpaired) electrons. The zero-order valence-corrected chi connectivity index (χ0v) is 10.7. The van der Waals surface area contributed by atoms with Gasteiger partial charge >= 0.3 is 0 Å². The number of thioether (sulfide) groups is 1. The molecule has 0 fully saturated rings. The monoisotopic (exact) mass is 228 g/mol. The molecule has 0 aliphatic heterocycles. The Balaban J connectivity index is 2.49. The van der Waals surface area contributed by atoms with Crippen LogP contribution >= 0.6 is 11.8 Å². The van der Waals surface area contributed by atoms with Gasteiger partial charge in [-0.3, -0.25) is 0 Å². The fourth-order valence-corrected chi connectivity index (χ4v) is 2.60. The van der Waals surface area contributed by atoms with E-state index in [0.717, 1.165) is 23.9 Å². The van der Waals surface area contributed by atoms with Gasteiger partial charge in [-0.15, -0.1) is 0 Å². The Kier molecular flexibility index (Phi) is 5.19. The van der Waals surface area contributed by atoms with Crippen LogP contribution in [0.4, 0.5) is 0 Å². The lowest BCUT2D eigenvalue weighted by atomic mass is 10.2. The van der Waals surface area contributed by atoms with Crippen LogP contribution in [0.5, 0.6) is 0 Å². The molecule has 1 aromatic heterocycles. The van der Waals surface area contributed by atoms with E-state index in [1.165, 1.54) is 0 Å². The number of oxazole rings is 1. The molecule has 1 heterocycles. The molecule has 0 bridgehead atoms. The van der Waals surface area contributed by atoms with Crippen LogP contribution in [0.1, 0.15) is 32.9 Å². The number of nitrogens with one attached hydrogen (secondary N) is 1. The average molecular weight is 228 g/mol. The van der Waals surface area contributed by atoms with E-state index in [1.54, 1.807) is 18.0 Å². The minimum atomic E-state index is 0.480. The third kappa shape index (κ3) is 3.87. The third-order valence-corrected chi connectivity index (χ3v) is 3.45. The molecule has 1 N–H and O–H groups in total. The number of aryl methyl sites for hydroxylation is 1. The number of hydrogen-bond acceptors (Lipinski definition) is 4. The number of hydrogen-bond donors (Lipinski definition) is 1. The highest BCUT2D eigenvalue weighted by molar-refractivity contribution is 7.99. The summed E-state index contributed by atoms with van der Waals surface area (Å²) >= 11 is 1.70. The van der Waals surface area contributed by atoms with Crippen molar-refractivity contribution in [3.05, 3.63) is 12.0 Å². The van der Waals surface area contributed by atoms with E-state index < -0.39 is 0 Å². The lowest BCUT2D eigenvalue weighted by Gasteiger charge is -2.21. The maximum absolute atomic E-state index is 5.33. The van der Waals surface area contributed by atoms with Crippen molar-refractivity contribution in [2.75, 3.05) is 6.54 Å². The van der Waals surface area contributed by atoms with Crippen LogP contribution in [0.3, 0.4) is 0 Å². The normalized spacial score (nSPS) is 15.2. The maximum Gasteiger partial charge on any atom is 0.256 e. The second kappa shape index (κ2) is 6.18. The molecule has 2 unspecified atom stereocenters. The summed E-state index contributed by atoms with van der Waals surface area (Å²) in [5.74, 6) is 0. The summed E-state index contributed by atoms with van der Waals surface area (Å²) in [7, 11) is 0. The lowest BCUT2D eigenvalue weighted by molar-refractivity contribution is 0.448. The zero-order valence-electron chi connectivity index (χ0n) is 9.91. The van der Waals surface area contributed by atoms with Gasteiger partial charge in [0.1, 0.15) is 6.26 Å². The predicted molar refractivity (Wildman–Crippen MR) is 64.3 cm³/mol. The van der Waals surface area contributed by atoms with Gasteiger partial charge < -0.3 is 9.73 Å². The van der Waals surface area contributed by atoms with Crippen LogP contribution in [-0.2, 0) is 0 Å². The van der Waals surface area contributed by atoms with E-state index >= 15 is 0 Å². The highest BCUT2D eigenvalue weighted by atomic mass is 32.2. The van der Waals surface area contributed by atoms with Crippen molar-refractivity contribution in [3.8, 4) is 0 Å². The SMILES string of the molecule is CCNC(CC)C(C)Sc1nc(C)co1. The van der Waals surface area contributed by atoms with E-state index in [9.17, 15) is 0 Å². The van der Waals surface area contributed by atoms with Gasteiger partial charge in [0, 0.05) is 11.3 Å². The molecule has 0 amide bonds. The maximum atomic E-state index is 5.33. The summed E-state index contributed by atoms with van der Waals surface area (Å²) in [5.41, 5.74) is 0.946. The fourth-order valence-electron chi connectivity index (χ4n) is 1.53. The summed E-state index contributed by atoms with van der Waals surface area (Å²) in [6.45, 7) is 9.50. The predicted octanol–water partition coefficient (Wildman–Crippen LogP) is 2.85. The van der Waals surface area contributed by atoms with Gasteiger partial charge in [0.05, 0.1) is 5.69 Å². The highest BCUT2D eigenvalue weighted by Gasteiger charge is 2.17. The first-order valence-electron chi connectivity index (χ1n) is 5.49. The van der Waals surface area contributed by atoms with Crippen LogP contribution in [0.2, 0.25) is 0 Å². The highest BCUT2D eigenvalue weighted by Crippen LogP contribution is 2.25. The Morgan fingerprint density at radius 1 is 1.53 bits per heavy atom. The van der Waals surface area contributed by atoms with Gasteiger partial charge in [-0.1, -0.05) is 32.5 Å². The first kappa shape index (κ1) is 12.6. The molecule has 1 rings (SSSR count). The minimum absolute atomic E-state index is 0.480. The second-order valence-corrected chi connectivity index (χ2v) is 4.98. The van der Waals surface area contributed by atoms with Crippen molar-refractivity contribution in [2.45, 2.75) is 50.6 Å². The molecule has 0 aromatic carbocycles. The van der Waals surface area contributed by atoms with Gasteiger partial charge in [-0.2, -0.15) is 0 Å². The molecule has 3 nitrogen and oxygen atoms in total. The van der Waals surface area contributed by atoms with E-state index in [4.69, 9.17) is 4.42 Å². The Labute approximate surface area is 96.0 Å². The molecule has 0 spiro atoms. The zero-order chi connectivity index (χ0) is 11.3. The molecule has 0 saturated carbocycles. The van der Waals surface area contributed by atoms with Gasteiger partial charge in [0.15, 0.2) is 0 Å². The minimum Gasteiger partial charge on any atom is -0.440 e. The van der Waals surface area contributed by atoms with Gasteiger partial charge in [0.25, 0.3) is 5.22 Å². The molecule has 1 aromatic rings. The van der Waals surface area contributed by atoms with Crippen LogP contribution in [0.25, 0.3) is 0 Å². The first-order valence-corrected chi connectivity index (χ1v) is 6.37. The largest absolute Gasteiger partial charge is 0.440 e. The molecule has 2 atom stereocenters. The standard InChI is InChI=1S/C11H20N2OS/c1-5-10(12-6-2)9(4)15-11-13-8(3)7-14-11/h7,9-10,12H,5-6H2,1-4H3. The Morgan fingerprint density at radius 3 is 2.73 bits per heavy atom. The van der Waals surface area contributed by atoms with Gasteiger partial charge in [-0.25, -0.2) is 4.98 Å². The van der Waals surface area contributed by atoms with Crippen LogP contribution < -0.4 is 5.32 Å². The average Bonchev–Trinajstić information content (AvgIpc) is 2.60. The first-order chi connectivity index (χ1) is 7.17. The third-order valence-electron chi connectivity index (χ3n) is 2.36. The van der Waals surface area contributed by atoms with E-state index in [1.807, 2.05) is 6.92 Å². The van der Waals surface area contributed by atoms with Crippen molar-refractivity contribution < 1.29 is 4.42 Å². The summed E-state index contributed by atoms with van der Waals surface area (Å²) in [6.07, 6.45) is 2.82. The molecule has 86 valence electrons. The topological polar surface area (TPSA) is 38.1 Å². The molecule has 15 heavy (non-hydrogen) atoms. The quantitative estimate of drug-likeness (QED) is 0.760. The van der Waals surface area contributed by atoms with Crippen molar-refractivity contribution in [1.82, 2.24) is 10.3 Å². The second-order valence-electron chi connectivity index (χ2n) is 3.65.